The van der Waals surface area contributed by atoms with Crippen molar-refractivity contribution in [1.29, 1.82) is 0 Å². The van der Waals surface area contributed by atoms with E-state index in [2.05, 4.69) is 0 Å². The summed E-state index contributed by atoms with van der Waals surface area (Å²) >= 11 is 0. The Hall–Kier alpha value is -1.54. The van der Waals surface area contributed by atoms with Crippen LogP contribution in [0.3, 0.4) is 0 Å². The first-order valence-electron chi connectivity index (χ1n) is 11.2. The molecule has 2 saturated carbocycles. The number of hydrogen-bond acceptors (Lipinski definition) is 7. The number of ketones is 1. The Morgan fingerprint density at radius 2 is 1.90 bits per heavy atom. The summed E-state index contributed by atoms with van der Waals surface area (Å²) in [7, 11) is 0. The summed E-state index contributed by atoms with van der Waals surface area (Å²) in [5.74, 6) is -3.64. The van der Waals surface area contributed by atoms with Gasteiger partial charge in [-0.2, -0.15) is 0 Å². The van der Waals surface area contributed by atoms with Gasteiger partial charge in [0.05, 0.1) is 18.3 Å². The lowest BCUT2D eigenvalue weighted by Crippen LogP contribution is -2.65. The van der Waals surface area contributed by atoms with Crippen LogP contribution in [0.25, 0.3) is 0 Å². The summed E-state index contributed by atoms with van der Waals surface area (Å²) in [6, 6.07) is 0. The van der Waals surface area contributed by atoms with Crippen LogP contribution in [0, 0.1) is 29.1 Å². The van der Waals surface area contributed by atoms with Crippen molar-refractivity contribution >= 4 is 11.8 Å². The number of fused-ring (bicyclic) bond motifs is 5. The third-order valence-corrected chi connectivity index (χ3v) is 8.73. The Bertz CT molecular complexity index is 888. The third-order valence-electron chi connectivity index (χ3n) is 8.73. The zero-order chi connectivity index (χ0) is 23.1. The largest absolute Gasteiger partial charge is 0.455 e. The van der Waals surface area contributed by atoms with Crippen LogP contribution in [-0.2, 0) is 14.3 Å². The van der Waals surface area contributed by atoms with Crippen molar-refractivity contribution in [2.45, 2.75) is 76.8 Å². The van der Waals surface area contributed by atoms with Gasteiger partial charge in [-0.05, 0) is 24.5 Å². The Morgan fingerprint density at radius 3 is 2.48 bits per heavy atom. The lowest BCUT2D eigenvalue weighted by Gasteiger charge is -2.52. The first-order chi connectivity index (χ1) is 14.3. The van der Waals surface area contributed by atoms with E-state index in [1.807, 2.05) is 20.8 Å². The molecule has 31 heavy (non-hydrogen) atoms. The molecule has 0 aromatic rings. The van der Waals surface area contributed by atoms with Gasteiger partial charge in [0.2, 0.25) is 0 Å². The van der Waals surface area contributed by atoms with E-state index in [-0.39, 0.29) is 19.4 Å². The Kier molecular flexibility index (Phi) is 4.92. The molecule has 0 spiro atoms. The van der Waals surface area contributed by atoms with Crippen LogP contribution in [0.1, 0.15) is 53.9 Å². The van der Waals surface area contributed by atoms with Gasteiger partial charge in [0, 0.05) is 41.9 Å². The summed E-state index contributed by atoms with van der Waals surface area (Å²) in [5.41, 5.74) is -4.52. The van der Waals surface area contributed by atoms with Crippen LogP contribution in [-0.4, -0.2) is 61.7 Å². The lowest BCUT2D eigenvalue weighted by atomic mass is 9.59. The number of aliphatic hydroxyl groups excluding tert-OH is 2. The monoisotopic (exact) mass is 434 g/mol. The highest BCUT2D eigenvalue weighted by Gasteiger charge is 2.86. The standard InChI is InChI=1S/C24H34O7/c1-6-7-17(26)31-24-18(21(24,4)5)15-9-14(11-25)10-22(29)16(8-12(2)19(22)27)23(15,30)13(3)20(24)28/h8-9,13,15-16,18,20,25,28-30H,6-7,10-11H2,1-5H3/t13-,15+,16?,18?,20-,22-,23-,24-/m1/s1. The molecule has 2 unspecified atom stereocenters. The van der Waals surface area contributed by atoms with Gasteiger partial charge in [-0.3, -0.25) is 9.59 Å². The second-order valence-corrected chi connectivity index (χ2v) is 10.6. The number of ether oxygens (including phenoxy) is 1. The summed E-state index contributed by atoms with van der Waals surface area (Å²) in [5, 5.41) is 45.1. The summed E-state index contributed by atoms with van der Waals surface area (Å²) in [6.07, 6.45) is 2.95. The maximum atomic E-state index is 12.9. The molecule has 0 amide bonds. The van der Waals surface area contributed by atoms with Gasteiger partial charge in [-0.15, -0.1) is 0 Å². The van der Waals surface area contributed by atoms with Crippen molar-refractivity contribution in [3.63, 3.8) is 0 Å². The van der Waals surface area contributed by atoms with Gasteiger partial charge in [-0.25, -0.2) is 0 Å². The Labute approximate surface area is 182 Å². The van der Waals surface area contributed by atoms with E-state index in [1.165, 1.54) is 0 Å². The Balaban J connectivity index is 1.88. The van der Waals surface area contributed by atoms with E-state index in [0.29, 0.717) is 17.6 Å². The second kappa shape index (κ2) is 6.73. The molecule has 4 aliphatic rings. The van der Waals surface area contributed by atoms with Crippen LogP contribution < -0.4 is 0 Å². The average Bonchev–Trinajstić information content (AvgIpc) is 3.13. The average molecular weight is 435 g/mol. The van der Waals surface area contributed by atoms with Crippen LogP contribution in [0.5, 0.6) is 0 Å². The van der Waals surface area contributed by atoms with Crippen LogP contribution >= 0.6 is 0 Å². The fourth-order valence-corrected chi connectivity index (χ4v) is 7.11. The minimum Gasteiger partial charge on any atom is -0.455 e. The summed E-state index contributed by atoms with van der Waals surface area (Å²) < 4.78 is 5.94. The highest BCUT2D eigenvalue weighted by molar-refractivity contribution is 6.04. The van der Waals surface area contributed by atoms with Gasteiger partial charge in [0.1, 0.15) is 11.2 Å². The number of rotatable bonds is 4. The molecule has 8 atom stereocenters. The first kappa shape index (κ1) is 22.6. The van der Waals surface area contributed by atoms with Crippen molar-refractivity contribution in [2.24, 2.45) is 29.1 Å². The van der Waals surface area contributed by atoms with Crippen LogP contribution in [0.4, 0.5) is 0 Å². The van der Waals surface area contributed by atoms with Crippen molar-refractivity contribution in [3.05, 3.63) is 23.3 Å². The number of aliphatic hydroxyl groups is 4. The minimum absolute atomic E-state index is 0.0851. The van der Waals surface area contributed by atoms with E-state index >= 15 is 0 Å². The quantitative estimate of drug-likeness (QED) is 0.388. The number of hydrogen-bond donors (Lipinski definition) is 4. The molecule has 2 fully saturated rings. The maximum absolute atomic E-state index is 12.9. The molecule has 4 aliphatic carbocycles. The summed E-state index contributed by atoms with van der Waals surface area (Å²) in [6.45, 7) is 8.62. The molecule has 4 rings (SSSR count). The molecule has 0 bridgehead atoms. The van der Waals surface area contributed by atoms with Crippen molar-refractivity contribution in [3.8, 4) is 0 Å². The highest BCUT2D eigenvalue weighted by atomic mass is 16.6. The molecular formula is C24H34O7. The molecule has 0 aromatic heterocycles. The molecule has 4 N–H and O–H groups in total. The van der Waals surface area contributed by atoms with E-state index in [4.69, 9.17) is 4.74 Å². The Morgan fingerprint density at radius 1 is 1.26 bits per heavy atom. The SMILES string of the molecule is CCCC(=O)O[C@]12C([C@@H]3C=C(CO)C[C@]4(O)C(=O)C(C)=CC4[C@@]3(O)[C@H](C)[C@H]1O)C2(C)C. The fourth-order valence-electron chi connectivity index (χ4n) is 7.11. The fraction of sp³-hybridized carbons (Fsp3) is 0.750. The molecule has 7 nitrogen and oxygen atoms in total. The van der Waals surface area contributed by atoms with Gasteiger partial charge in [0.15, 0.2) is 5.78 Å². The van der Waals surface area contributed by atoms with Gasteiger partial charge in [0.25, 0.3) is 0 Å². The number of carbonyl (C=O) groups is 2. The first-order valence-corrected chi connectivity index (χ1v) is 11.2. The number of carbonyl (C=O) groups excluding carboxylic acids is 2. The topological polar surface area (TPSA) is 124 Å². The number of Topliss-reactive ketones (excluding diaryl/α,β-unsaturated/α-hetero) is 1. The van der Waals surface area contributed by atoms with Crippen molar-refractivity contribution in [2.75, 3.05) is 6.61 Å². The summed E-state index contributed by atoms with van der Waals surface area (Å²) in [4.78, 5) is 25.4. The highest BCUT2D eigenvalue weighted by Crippen LogP contribution is 2.76. The molecule has 0 aliphatic heterocycles. The molecule has 0 saturated heterocycles. The zero-order valence-corrected chi connectivity index (χ0v) is 18.9. The van der Waals surface area contributed by atoms with E-state index in [0.717, 1.165) is 0 Å². The van der Waals surface area contributed by atoms with Gasteiger partial charge >= 0.3 is 5.97 Å². The predicted octanol–water partition coefficient (Wildman–Crippen LogP) is 1.28. The molecule has 172 valence electrons. The maximum Gasteiger partial charge on any atom is 0.306 e. The third kappa shape index (κ3) is 2.55. The lowest BCUT2D eigenvalue weighted by molar-refractivity contribution is -0.219. The molecule has 0 radical (unpaired) electrons. The van der Waals surface area contributed by atoms with E-state index in [9.17, 15) is 30.0 Å². The van der Waals surface area contributed by atoms with Crippen LogP contribution in [0.15, 0.2) is 23.3 Å². The predicted molar refractivity (Wildman–Crippen MR) is 112 cm³/mol. The van der Waals surface area contributed by atoms with Crippen LogP contribution in [0.2, 0.25) is 0 Å². The molecule has 0 aromatic carbocycles. The molecule has 0 heterocycles. The van der Waals surface area contributed by atoms with E-state index in [1.54, 1.807) is 26.0 Å². The van der Waals surface area contributed by atoms with Crippen molar-refractivity contribution < 1.29 is 34.8 Å². The van der Waals surface area contributed by atoms with E-state index < -0.39 is 63.7 Å². The molecule has 7 heteroatoms. The second-order valence-electron chi connectivity index (χ2n) is 10.6. The zero-order valence-electron chi connectivity index (χ0n) is 18.9. The number of esters is 1. The van der Waals surface area contributed by atoms with Gasteiger partial charge < -0.3 is 25.2 Å². The smallest absolute Gasteiger partial charge is 0.306 e. The normalized spacial score (nSPS) is 47.4. The molecular weight excluding hydrogens is 400 g/mol. The van der Waals surface area contributed by atoms with Gasteiger partial charge in [-0.1, -0.05) is 39.8 Å². The minimum atomic E-state index is -1.88. The van der Waals surface area contributed by atoms with Crippen molar-refractivity contribution in [1.82, 2.24) is 0 Å².